The van der Waals surface area contributed by atoms with E-state index in [2.05, 4.69) is 22.5 Å². The van der Waals surface area contributed by atoms with Crippen LogP contribution in [-0.2, 0) is 0 Å². The summed E-state index contributed by atoms with van der Waals surface area (Å²) in [5.41, 5.74) is 1.57. The van der Waals surface area contributed by atoms with E-state index in [-0.39, 0.29) is 0 Å². The number of furan rings is 1. The molecule has 4 atom stereocenters. The molecule has 1 saturated carbocycles. The lowest BCUT2D eigenvalue weighted by Crippen LogP contribution is -2.40. The van der Waals surface area contributed by atoms with E-state index in [0.29, 0.717) is 59.0 Å². The Morgan fingerprint density at radius 2 is 1.82 bits per heavy atom. The molecule has 3 aromatic rings. The molecule has 0 spiro atoms. The molecule has 208 valence electrons. The molecule has 0 aromatic carbocycles. The number of nitrogens with zero attached hydrogens (tertiary/aromatic N) is 3. The summed E-state index contributed by atoms with van der Waals surface area (Å²) < 4.78 is 11.9. The quantitative estimate of drug-likeness (QED) is 0.230. The molecule has 0 saturated heterocycles. The number of pyridine rings is 1. The van der Waals surface area contributed by atoms with E-state index >= 15 is 0 Å². The number of hydrogen-bond donors (Lipinski definition) is 5. The van der Waals surface area contributed by atoms with Gasteiger partial charge in [-0.15, -0.1) is 0 Å². The van der Waals surface area contributed by atoms with E-state index in [1.54, 1.807) is 13.8 Å². The second-order valence-electron chi connectivity index (χ2n) is 10.7. The number of rotatable bonds is 11. The smallest absolute Gasteiger partial charge is 0.224 e. The Labute approximate surface area is 223 Å². The van der Waals surface area contributed by atoms with E-state index < -0.39 is 29.8 Å². The Bertz CT molecular complexity index is 1250. The second-order valence-corrected chi connectivity index (χ2v) is 10.7. The molecule has 0 amide bonds. The summed E-state index contributed by atoms with van der Waals surface area (Å²) in [5, 5.41) is 39.6. The van der Waals surface area contributed by atoms with Crippen molar-refractivity contribution < 1.29 is 24.5 Å². The summed E-state index contributed by atoms with van der Waals surface area (Å²) in [4.78, 5) is 13.9. The Morgan fingerprint density at radius 1 is 1.05 bits per heavy atom. The van der Waals surface area contributed by atoms with Crippen molar-refractivity contribution in [2.45, 2.75) is 91.1 Å². The zero-order valence-electron chi connectivity index (χ0n) is 23.2. The van der Waals surface area contributed by atoms with Gasteiger partial charge in [-0.1, -0.05) is 19.8 Å². The van der Waals surface area contributed by atoms with Gasteiger partial charge >= 0.3 is 0 Å². The third kappa shape index (κ3) is 5.87. The standard InChI is InChI=1S/C28H41N5O5/c1-7-9-10-11-29-27-31-15(3)22(20-12-17-13-21(37-8-2)30-16(4)25(17)38-20)26(33-27)32-19-14-18(28(5,6)36)23(34)24(19)35/h12-13,18-19,23-24,34-36H,7-11,14H2,1-6H3,(H2,29,31,32,33)/t18-,19+,23+,24-/m0/s1. The van der Waals surface area contributed by atoms with Gasteiger partial charge in [0.05, 0.1) is 41.3 Å². The first-order valence-corrected chi connectivity index (χ1v) is 13.5. The molecule has 10 nitrogen and oxygen atoms in total. The summed E-state index contributed by atoms with van der Waals surface area (Å²) in [6, 6.07) is 3.23. The van der Waals surface area contributed by atoms with Crippen LogP contribution in [0.2, 0.25) is 0 Å². The van der Waals surface area contributed by atoms with Crippen molar-refractivity contribution in [3.8, 4) is 17.2 Å². The fourth-order valence-electron chi connectivity index (χ4n) is 5.20. The number of aliphatic hydroxyl groups excluding tert-OH is 2. The lowest BCUT2D eigenvalue weighted by atomic mass is 9.88. The van der Waals surface area contributed by atoms with Gasteiger partial charge in [0, 0.05) is 23.9 Å². The maximum absolute atomic E-state index is 10.9. The molecular formula is C28H41N5O5. The van der Waals surface area contributed by atoms with Crippen molar-refractivity contribution in [3.05, 3.63) is 23.5 Å². The second kappa shape index (κ2) is 11.4. The molecule has 0 bridgehead atoms. The van der Waals surface area contributed by atoms with Crippen LogP contribution in [0.5, 0.6) is 5.88 Å². The highest BCUT2D eigenvalue weighted by atomic mass is 16.5. The minimum atomic E-state index is -1.14. The molecule has 1 fully saturated rings. The Morgan fingerprint density at radius 3 is 2.47 bits per heavy atom. The van der Waals surface area contributed by atoms with Crippen LogP contribution in [0.15, 0.2) is 16.5 Å². The Kier molecular flexibility index (Phi) is 8.44. The molecular weight excluding hydrogens is 486 g/mol. The SMILES string of the molecule is CCCCCNc1nc(C)c(-c2cc3cc(OCC)nc(C)c3o2)c(N[C@@H]2C[C@H](C(C)(C)O)[C@@H](O)[C@H]2O)n1. The van der Waals surface area contributed by atoms with Crippen molar-refractivity contribution in [2.75, 3.05) is 23.8 Å². The molecule has 5 N–H and O–H groups in total. The number of ether oxygens (including phenoxy) is 1. The van der Waals surface area contributed by atoms with E-state index in [1.165, 1.54) is 0 Å². The van der Waals surface area contributed by atoms with Gasteiger partial charge in [0.25, 0.3) is 0 Å². The van der Waals surface area contributed by atoms with E-state index in [1.807, 2.05) is 32.9 Å². The fraction of sp³-hybridized carbons (Fsp3) is 0.607. The van der Waals surface area contributed by atoms with E-state index in [0.717, 1.165) is 31.2 Å². The molecule has 3 aromatic heterocycles. The summed E-state index contributed by atoms with van der Waals surface area (Å²) in [6.45, 7) is 12.4. The van der Waals surface area contributed by atoms with Crippen molar-refractivity contribution in [2.24, 2.45) is 5.92 Å². The predicted octanol–water partition coefficient (Wildman–Crippen LogP) is 4.20. The Hall–Kier alpha value is -2.95. The van der Waals surface area contributed by atoms with Crippen molar-refractivity contribution in [1.82, 2.24) is 15.0 Å². The van der Waals surface area contributed by atoms with Crippen LogP contribution < -0.4 is 15.4 Å². The van der Waals surface area contributed by atoms with Gasteiger partial charge in [-0.3, -0.25) is 0 Å². The fourth-order valence-corrected chi connectivity index (χ4v) is 5.20. The van der Waals surface area contributed by atoms with E-state index in [4.69, 9.17) is 19.1 Å². The summed E-state index contributed by atoms with van der Waals surface area (Å²) >= 11 is 0. The molecule has 0 aliphatic heterocycles. The number of unbranched alkanes of at least 4 members (excludes halogenated alkanes) is 2. The van der Waals surface area contributed by atoms with Crippen LogP contribution >= 0.6 is 0 Å². The van der Waals surface area contributed by atoms with E-state index in [9.17, 15) is 15.3 Å². The summed E-state index contributed by atoms with van der Waals surface area (Å²) in [6.07, 6.45) is 1.45. The first-order chi connectivity index (χ1) is 18.0. The van der Waals surface area contributed by atoms with Crippen molar-refractivity contribution in [3.63, 3.8) is 0 Å². The van der Waals surface area contributed by atoms with Gasteiger partial charge in [-0.25, -0.2) is 9.97 Å². The molecule has 3 heterocycles. The monoisotopic (exact) mass is 527 g/mol. The first-order valence-electron chi connectivity index (χ1n) is 13.5. The maximum atomic E-state index is 10.9. The zero-order valence-corrected chi connectivity index (χ0v) is 23.2. The van der Waals surface area contributed by atoms with Gasteiger partial charge in [0.2, 0.25) is 11.8 Å². The Balaban J connectivity index is 1.74. The lowest BCUT2D eigenvalue weighted by molar-refractivity contribution is -0.0601. The number of nitrogens with one attached hydrogen (secondary N) is 2. The minimum absolute atomic E-state index is 0.370. The van der Waals surface area contributed by atoms with Crippen LogP contribution in [0.3, 0.4) is 0 Å². The van der Waals surface area contributed by atoms with Crippen LogP contribution in [0.1, 0.15) is 64.8 Å². The molecule has 0 unspecified atom stereocenters. The molecule has 4 rings (SSSR count). The van der Waals surface area contributed by atoms with Crippen molar-refractivity contribution >= 4 is 22.7 Å². The number of hydrogen-bond acceptors (Lipinski definition) is 10. The predicted molar refractivity (Wildman–Crippen MR) is 148 cm³/mol. The maximum Gasteiger partial charge on any atom is 0.224 e. The van der Waals surface area contributed by atoms with Gasteiger partial charge in [0.15, 0.2) is 5.58 Å². The number of aliphatic hydroxyl groups is 3. The largest absolute Gasteiger partial charge is 0.478 e. The number of anilines is 2. The highest BCUT2D eigenvalue weighted by Crippen LogP contribution is 2.40. The highest BCUT2D eigenvalue weighted by molar-refractivity contribution is 5.88. The third-order valence-corrected chi connectivity index (χ3v) is 7.25. The summed E-state index contributed by atoms with van der Waals surface area (Å²) in [7, 11) is 0. The molecule has 10 heteroatoms. The van der Waals surface area contributed by atoms with Crippen LogP contribution in [0.25, 0.3) is 22.3 Å². The van der Waals surface area contributed by atoms with Gasteiger partial charge in [-0.2, -0.15) is 4.98 Å². The van der Waals surface area contributed by atoms with Gasteiger partial charge in [0.1, 0.15) is 17.7 Å². The minimum Gasteiger partial charge on any atom is -0.478 e. The van der Waals surface area contributed by atoms with Crippen LogP contribution in [0, 0.1) is 19.8 Å². The highest BCUT2D eigenvalue weighted by Gasteiger charge is 2.48. The van der Waals surface area contributed by atoms with Crippen LogP contribution in [-0.4, -0.2) is 67.3 Å². The lowest BCUT2D eigenvalue weighted by Gasteiger charge is -2.28. The van der Waals surface area contributed by atoms with Crippen molar-refractivity contribution in [1.29, 1.82) is 0 Å². The molecule has 38 heavy (non-hydrogen) atoms. The number of aromatic nitrogens is 3. The summed E-state index contributed by atoms with van der Waals surface area (Å²) in [5.74, 6) is 1.55. The first kappa shape index (κ1) is 28.1. The average Bonchev–Trinajstić information content (AvgIpc) is 3.38. The zero-order chi connectivity index (χ0) is 27.6. The number of fused-ring (bicyclic) bond motifs is 1. The van der Waals surface area contributed by atoms with Crippen LogP contribution in [0.4, 0.5) is 11.8 Å². The molecule has 1 aliphatic rings. The average molecular weight is 528 g/mol. The third-order valence-electron chi connectivity index (χ3n) is 7.25. The number of aryl methyl sites for hydroxylation is 2. The van der Waals surface area contributed by atoms with Gasteiger partial charge in [-0.05, 0) is 53.5 Å². The van der Waals surface area contributed by atoms with Gasteiger partial charge < -0.3 is 35.1 Å². The molecule has 1 aliphatic carbocycles. The molecule has 0 radical (unpaired) electrons. The normalized spacial score (nSPS) is 21.7. The topological polar surface area (TPSA) is 146 Å².